The van der Waals surface area contributed by atoms with Gasteiger partial charge < -0.3 is 15.5 Å². The molecule has 0 bridgehead atoms. The Hall–Kier alpha value is -3.22. The molecule has 2 aromatic carbocycles. The molecule has 0 unspecified atom stereocenters. The van der Waals surface area contributed by atoms with Gasteiger partial charge in [0.05, 0.1) is 0 Å². The largest absolute Gasteiger partial charge is 0.349 e. The second-order valence-electron chi connectivity index (χ2n) is 8.83. The summed E-state index contributed by atoms with van der Waals surface area (Å²) in [6.07, 6.45) is 1.28. The van der Waals surface area contributed by atoms with Gasteiger partial charge in [-0.25, -0.2) is 4.39 Å². The van der Waals surface area contributed by atoms with Crippen LogP contribution in [0.1, 0.15) is 54.3 Å². The Morgan fingerprint density at radius 2 is 1.61 bits per heavy atom. The average molecular weight is 426 g/mol. The first-order chi connectivity index (χ1) is 14.6. The number of carbonyl (C=O) groups excluding carboxylic acids is 3. The first-order valence-corrected chi connectivity index (χ1v) is 10.4. The Bertz CT molecular complexity index is 959. The van der Waals surface area contributed by atoms with Gasteiger partial charge in [0.1, 0.15) is 5.82 Å². The third-order valence-corrected chi connectivity index (χ3v) is 5.27. The zero-order valence-electron chi connectivity index (χ0n) is 18.1. The summed E-state index contributed by atoms with van der Waals surface area (Å²) in [4.78, 5) is 39.2. The standard InChI is InChI=1S/C24H28FN3O3/c1-24(2,3)23(31)27-20-6-4-5-17(15-20)22(30)28-13-11-19(12-14-28)26-21(29)16-7-9-18(25)10-8-16/h4-10,15,19H,11-14H2,1-3H3,(H,26,29)(H,27,31). The molecule has 0 spiro atoms. The monoisotopic (exact) mass is 425 g/mol. The predicted octanol–water partition coefficient (Wildman–Crippen LogP) is 3.84. The molecule has 7 heteroatoms. The zero-order chi connectivity index (χ0) is 22.6. The molecule has 0 aliphatic carbocycles. The topological polar surface area (TPSA) is 78.5 Å². The fourth-order valence-electron chi connectivity index (χ4n) is 3.33. The molecule has 31 heavy (non-hydrogen) atoms. The van der Waals surface area contributed by atoms with Gasteiger partial charge in [0.2, 0.25) is 5.91 Å². The second kappa shape index (κ2) is 9.29. The summed E-state index contributed by atoms with van der Waals surface area (Å²) < 4.78 is 13.0. The molecule has 1 aliphatic heterocycles. The summed E-state index contributed by atoms with van der Waals surface area (Å²) in [6.45, 7) is 6.53. The lowest BCUT2D eigenvalue weighted by Gasteiger charge is -2.32. The van der Waals surface area contributed by atoms with Crippen molar-refractivity contribution in [3.05, 3.63) is 65.5 Å². The molecule has 0 saturated carbocycles. The van der Waals surface area contributed by atoms with Gasteiger partial charge in [-0.15, -0.1) is 0 Å². The summed E-state index contributed by atoms with van der Waals surface area (Å²) in [5.41, 5.74) is 0.988. The van der Waals surface area contributed by atoms with Gasteiger partial charge in [0.25, 0.3) is 11.8 Å². The van der Waals surface area contributed by atoms with Gasteiger partial charge in [0.15, 0.2) is 0 Å². The van der Waals surface area contributed by atoms with Crippen molar-refractivity contribution in [1.82, 2.24) is 10.2 Å². The van der Waals surface area contributed by atoms with Crippen molar-refractivity contribution in [2.75, 3.05) is 18.4 Å². The van der Waals surface area contributed by atoms with Crippen molar-refractivity contribution in [2.24, 2.45) is 5.41 Å². The zero-order valence-corrected chi connectivity index (χ0v) is 18.1. The minimum Gasteiger partial charge on any atom is -0.349 e. The van der Waals surface area contributed by atoms with Gasteiger partial charge in [-0.3, -0.25) is 14.4 Å². The first-order valence-electron chi connectivity index (χ1n) is 10.4. The Balaban J connectivity index is 1.55. The van der Waals surface area contributed by atoms with Crippen molar-refractivity contribution >= 4 is 23.4 Å². The molecule has 1 fully saturated rings. The minimum atomic E-state index is -0.528. The minimum absolute atomic E-state index is 0.0426. The maximum atomic E-state index is 13.0. The maximum Gasteiger partial charge on any atom is 0.253 e. The fourth-order valence-corrected chi connectivity index (χ4v) is 3.33. The van der Waals surface area contributed by atoms with E-state index >= 15 is 0 Å². The number of carbonyl (C=O) groups is 3. The molecule has 0 atom stereocenters. The summed E-state index contributed by atoms with van der Waals surface area (Å²) in [5, 5.41) is 5.80. The molecule has 0 radical (unpaired) electrons. The highest BCUT2D eigenvalue weighted by Gasteiger charge is 2.26. The first kappa shape index (κ1) is 22.5. The summed E-state index contributed by atoms with van der Waals surface area (Å²) >= 11 is 0. The van der Waals surface area contributed by atoms with Crippen LogP contribution in [0.4, 0.5) is 10.1 Å². The van der Waals surface area contributed by atoms with Crippen LogP contribution in [0.2, 0.25) is 0 Å². The Morgan fingerprint density at radius 1 is 0.968 bits per heavy atom. The number of anilines is 1. The number of rotatable bonds is 4. The number of hydrogen-bond acceptors (Lipinski definition) is 3. The highest BCUT2D eigenvalue weighted by atomic mass is 19.1. The number of piperidine rings is 1. The quantitative estimate of drug-likeness (QED) is 0.781. The van der Waals surface area contributed by atoms with Gasteiger partial charge >= 0.3 is 0 Å². The van der Waals surface area contributed by atoms with Gasteiger partial charge in [0, 0.05) is 41.4 Å². The van der Waals surface area contributed by atoms with E-state index in [1.807, 2.05) is 20.8 Å². The van der Waals surface area contributed by atoms with Gasteiger partial charge in [-0.05, 0) is 55.3 Å². The van der Waals surface area contributed by atoms with Crippen molar-refractivity contribution in [2.45, 2.75) is 39.7 Å². The van der Waals surface area contributed by atoms with Gasteiger partial charge in [-0.1, -0.05) is 26.8 Å². The number of benzene rings is 2. The summed E-state index contributed by atoms with van der Waals surface area (Å²) in [5.74, 6) is -0.845. The van der Waals surface area contributed by atoms with Crippen LogP contribution in [0.5, 0.6) is 0 Å². The number of amides is 3. The summed E-state index contributed by atoms with van der Waals surface area (Å²) in [6, 6.07) is 12.3. The smallest absolute Gasteiger partial charge is 0.253 e. The van der Waals surface area contributed by atoms with Crippen LogP contribution < -0.4 is 10.6 Å². The molecule has 1 heterocycles. The Morgan fingerprint density at radius 3 is 2.23 bits per heavy atom. The number of halogens is 1. The lowest BCUT2D eigenvalue weighted by Crippen LogP contribution is -2.46. The normalized spacial score (nSPS) is 14.8. The van der Waals surface area contributed by atoms with E-state index in [0.29, 0.717) is 42.7 Å². The number of nitrogens with one attached hydrogen (secondary N) is 2. The van der Waals surface area contributed by atoms with Crippen molar-refractivity contribution in [1.29, 1.82) is 0 Å². The number of hydrogen-bond donors (Lipinski definition) is 2. The van der Waals surface area contributed by atoms with Gasteiger partial charge in [-0.2, -0.15) is 0 Å². The molecule has 6 nitrogen and oxygen atoms in total. The molecule has 1 aliphatic rings. The predicted molar refractivity (Wildman–Crippen MR) is 117 cm³/mol. The van der Waals surface area contributed by atoms with E-state index < -0.39 is 5.41 Å². The van der Waals surface area contributed by atoms with Crippen molar-refractivity contribution in [3.8, 4) is 0 Å². The Kier molecular flexibility index (Phi) is 6.73. The molecule has 3 amide bonds. The van der Waals surface area contributed by atoms with Crippen LogP contribution in [-0.2, 0) is 4.79 Å². The molecule has 0 aromatic heterocycles. The molecule has 2 N–H and O–H groups in total. The maximum absolute atomic E-state index is 13.0. The lowest BCUT2D eigenvalue weighted by atomic mass is 9.95. The molecular weight excluding hydrogens is 397 g/mol. The molecule has 2 aromatic rings. The fraction of sp³-hybridized carbons (Fsp3) is 0.375. The van der Waals surface area contributed by atoms with E-state index in [9.17, 15) is 18.8 Å². The number of nitrogens with zero attached hydrogens (tertiary/aromatic N) is 1. The van der Waals surface area contributed by atoms with E-state index in [4.69, 9.17) is 0 Å². The van der Waals surface area contributed by atoms with Crippen LogP contribution in [0, 0.1) is 11.2 Å². The van der Waals surface area contributed by atoms with Crippen LogP contribution in [0.3, 0.4) is 0 Å². The molecular formula is C24H28FN3O3. The number of likely N-dealkylation sites (tertiary alicyclic amines) is 1. The van der Waals surface area contributed by atoms with E-state index in [1.54, 1.807) is 29.2 Å². The van der Waals surface area contributed by atoms with E-state index in [2.05, 4.69) is 10.6 Å². The molecule has 164 valence electrons. The van der Waals surface area contributed by atoms with Crippen LogP contribution in [0.15, 0.2) is 48.5 Å². The van der Waals surface area contributed by atoms with Crippen molar-refractivity contribution in [3.63, 3.8) is 0 Å². The van der Waals surface area contributed by atoms with Crippen molar-refractivity contribution < 1.29 is 18.8 Å². The highest BCUT2D eigenvalue weighted by molar-refractivity contribution is 5.98. The highest BCUT2D eigenvalue weighted by Crippen LogP contribution is 2.20. The molecule has 1 saturated heterocycles. The second-order valence-corrected chi connectivity index (χ2v) is 8.83. The third-order valence-electron chi connectivity index (χ3n) is 5.27. The van der Waals surface area contributed by atoms with Crippen LogP contribution in [-0.4, -0.2) is 41.8 Å². The Labute approximate surface area is 181 Å². The lowest BCUT2D eigenvalue weighted by molar-refractivity contribution is -0.123. The van der Waals surface area contributed by atoms with E-state index in [0.717, 1.165) is 0 Å². The third kappa shape index (κ3) is 5.90. The summed E-state index contributed by atoms with van der Waals surface area (Å²) in [7, 11) is 0. The molecule has 3 rings (SSSR count). The van der Waals surface area contributed by atoms with Crippen LogP contribution >= 0.6 is 0 Å². The SMILES string of the molecule is CC(C)(C)C(=O)Nc1cccc(C(=O)N2CCC(NC(=O)c3ccc(F)cc3)CC2)c1. The van der Waals surface area contributed by atoms with E-state index in [1.165, 1.54) is 24.3 Å². The van der Waals surface area contributed by atoms with Crippen LogP contribution in [0.25, 0.3) is 0 Å². The average Bonchev–Trinajstić information content (AvgIpc) is 2.73. The van der Waals surface area contributed by atoms with E-state index in [-0.39, 0.29) is 29.6 Å².